The molecule has 1 aromatic heterocycles. The summed E-state index contributed by atoms with van der Waals surface area (Å²) in [5, 5.41) is 22.6. The molecule has 0 aliphatic carbocycles. The van der Waals surface area contributed by atoms with E-state index in [-0.39, 0.29) is 17.9 Å². The van der Waals surface area contributed by atoms with Gasteiger partial charge in [-0.3, -0.25) is 0 Å². The number of benzene rings is 3. The first kappa shape index (κ1) is 28.8. The second-order valence-electron chi connectivity index (χ2n) is 9.65. The minimum Gasteiger partial charge on any atom is -0.481 e. The van der Waals surface area contributed by atoms with E-state index in [2.05, 4.69) is 15.8 Å². The number of aliphatic hydroxyl groups is 1. The molecule has 4 rings (SSSR count). The number of fused-ring (bicyclic) bond motifs is 1. The average molecular weight is 554 g/mol. The fourth-order valence-electron chi connectivity index (χ4n) is 4.83. The summed E-state index contributed by atoms with van der Waals surface area (Å²) in [7, 11) is 4.99. The van der Waals surface area contributed by atoms with Gasteiger partial charge in [-0.1, -0.05) is 24.3 Å². The van der Waals surface area contributed by atoms with Gasteiger partial charge in [0.1, 0.15) is 17.2 Å². The van der Waals surface area contributed by atoms with Gasteiger partial charge in [0.15, 0.2) is 0 Å². The highest BCUT2D eigenvalue weighted by molar-refractivity contribution is 5.82. The Hall–Kier alpha value is -4.20. The maximum Gasteiger partial charge on any atom is 0.573 e. The zero-order chi connectivity index (χ0) is 29.1. The lowest BCUT2D eigenvalue weighted by atomic mass is 9.71. The van der Waals surface area contributed by atoms with Gasteiger partial charge >= 0.3 is 6.36 Å². The number of ether oxygens (including phenoxy) is 2. The van der Waals surface area contributed by atoms with Crippen molar-refractivity contribution in [1.29, 1.82) is 5.26 Å². The van der Waals surface area contributed by atoms with Gasteiger partial charge in [0, 0.05) is 23.4 Å². The molecule has 2 unspecified atom stereocenters. The topological polar surface area (TPSA) is 78.6 Å². The molecule has 1 N–H and O–H groups in total. The molecule has 0 amide bonds. The van der Waals surface area contributed by atoms with Gasteiger partial charge in [-0.25, -0.2) is 9.37 Å². The van der Waals surface area contributed by atoms with E-state index in [0.717, 1.165) is 12.1 Å². The Labute approximate surface area is 229 Å². The van der Waals surface area contributed by atoms with E-state index in [1.165, 1.54) is 37.4 Å². The summed E-state index contributed by atoms with van der Waals surface area (Å²) in [5.41, 5.74) is -0.155. The number of pyridine rings is 1. The maximum absolute atomic E-state index is 14.6. The summed E-state index contributed by atoms with van der Waals surface area (Å²) in [6.45, 7) is 0.328. The summed E-state index contributed by atoms with van der Waals surface area (Å²) in [4.78, 5) is 6.40. The van der Waals surface area contributed by atoms with Gasteiger partial charge in [0.05, 0.1) is 24.3 Å². The number of hydrogen-bond acceptors (Lipinski definition) is 6. The molecule has 0 saturated carbocycles. The first-order chi connectivity index (χ1) is 18.9. The van der Waals surface area contributed by atoms with Crippen LogP contribution in [0.1, 0.15) is 34.6 Å². The van der Waals surface area contributed by atoms with Crippen molar-refractivity contribution in [3.8, 4) is 17.7 Å². The van der Waals surface area contributed by atoms with Crippen molar-refractivity contribution in [1.82, 2.24) is 9.88 Å². The number of alkyl halides is 3. The molecule has 6 nitrogen and oxygen atoms in total. The van der Waals surface area contributed by atoms with E-state index in [4.69, 9.17) is 4.74 Å². The normalized spacial score (nSPS) is 14.0. The molecule has 3 aromatic carbocycles. The molecule has 0 aliphatic heterocycles. The molecule has 0 aliphatic rings. The first-order valence-electron chi connectivity index (χ1n) is 12.3. The molecule has 0 saturated heterocycles. The Morgan fingerprint density at radius 2 is 1.77 bits per heavy atom. The van der Waals surface area contributed by atoms with Crippen molar-refractivity contribution < 1.29 is 32.1 Å². The molecule has 2 atom stereocenters. The number of nitrogens with zero attached hydrogens (tertiary/aromatic N) is 3. The van der Waals surface area contributed by atoms with E-state index in [9.17, 15) is 27.9 Å². The van der Waals surface area contributed by atoms with E-state index in [0.29, 0.717) is 34.1 Å². The SMILES string of the molecule is COc1nc2ccc(C#N)cc2cc1C(c1cccc(F)c1)C(O)(CCN(C)C)c1cccc(OC(F)(F)F)c1. The van der Waals surface area contributed by atoms with Crippen LogP contribution in [0, 0.1) is 17.1 Å². The molecule has 208 valence electrons. The second kappa shape index (κ2) is 11.5. The monoisotopic (exact) mass is 553 g/mol. The van der Waals surface area contributed by atoms with E-state index in [1.807, 2.05) is 4.90 Å². The van der Waals surface area contributed by atoms with Crippen LogP contribution in [0.15, 0.2) is 72.8 Å². The van der Waals surface area contributed by atoms with Crippen molar-refractivity contribution in [2.45, 2.75) is 24.3 Å². The third kappa shape index (κ3) is 6.33. The highest BCUT2D eigenvalue weighted by atomic mass is 19.4. The third-order valence-corrected chi connectivity index (χ3v) is 6.61. The van der Waals surface area contributed by atoms with Crippen molar-refractivity contribution >= 4 is 10.9 Å². The molecule has 0 spiro atoms. The zero-order valence-corrected chi connectivity index (χ0v) is 22.0. The molecule has 40 heavy (non-hydrogen) atoms. The highest BCUT2D eigenvalue weighted by Crippen LogP contribution is 2.48. The standard InChI is InChI=1S/C30H27F4N3O3/c1-37(2)13-12-29(38,22-7-5-9-24(17-22)40-30(32,33)34)27(20-6-4-8-23(31)15-20)25-16-21-14-19(18-35)10-11-26(21)36-28(25)39-3/h4-11,14-17,27,38H,12-13H2,1-3H3. The predicted molar refractivity (Wildman–Crippen MR) is 141 cm³/mol. The summed E-state index contributed by atoms with van der Waals surface area (Å²) >= 11 is 0. The van der Waals surface area contributed by atoms with Crippen LogP contribution in [0.5, 0.6) is 11.6 Å². The minimum absolute atomic E-state index is 0.0378. The summed E-state index contributed by atoms with van der Waals surface area (Å²) in [6, 6.07) is 19.4. The van der Waals surface area contributed by atoms with Gasteiger partial charge < -0.3 is 19.5 Å². The number of hydrogen-bond donors (Lipinski definition) is 1. The average Bonchev–Trinajstić information content (AvgIpc) is 2.90. The Morgan fingerprint density at radius 1 is 1.02 bits per heavy atom. The number of methoxy groups -OCH3 is 1. The van der Waals surface area contributed by atoms with E-state index in [1.54, 1.807) is 44.4 Å². The summed E-state index contributed by atoms with van der Waals surface area (Å²) in [5.74, 6) is -1.99. The van der Waals surface area contributed by atoms with Crippen LogP contribution in [-0.2, 0) is 5.60 Å². The van der Waals surface area contributed by atoms with Gasteiger partial charge in [-0.15, -0.1) is 13.2 Å². The van der Waals surface area contributed by atoms with Crippen LogP contribution in [0.25, 0.3) is 10.9 Å². The lowest BCUT2D eigenvalue weighted by molar-refractivity contribution is -0.274. The molecular weight excluding hydrogens is 526 g/mol. The van der Waals surface area contributed by atoms with Crippen LogP contribution in [0.3, 0.4) is 0 Å². The first-order valence-corrected chi connectivity index (χ1v) is 12.3. The molecule has 10 heteroatoms. The van der Waals surface area contributed by atoms with Crippen LogP contribution in [0.2, 0.25) is 0 Å². The molecule has 0 radical (unpaired) electrons. The maximum atomic E-state index is 14.6. The van der Waals surface area contributed by atoms with Crippen molar-refractivity contribution in [2.75, 3.05) is 27.7 Å². The van der Waals surface area contributed by atoms with Gasteiger partial charge in [0.2, 0.25) is 5.88 Å². The van der Waals surface area contributed by atoms with Crippen LogP contribution >= 0.6 is 0 Å². The second-order valence-corrected chi connectivity index (χ2v) is 9.65. The minimum atomic E-state index is -4.94. The number of aromatic nitrogens is 1. The van der Waals surface area contributed by atoms with Crippen LogP contribution in [0.4, 0.5) is 17.6 Å². The number of nitriles is 1. The Balaban J connectivity index is 2.03. The quantitative estimate of drug-likeness (QED) is 0.252. The Morgan fingerprint density at radius 3 is 2.42 bits per heavy atom. The largest absolute Gasteiger partial charge is 0.573 e. The fourth-order valence-corrected chi connectivity index (χ4v) is 4.83. The zero-order valence-electron chi connectivity index (χ0n) is 22.0. The van der Waals surface area contributed by atoms with Crippen LogP contribution < -0.4 is 9.47 Å². The highest BCUT2D eigenvalue weighted by Gasteiger charge is 2.43. The molecule has 0 bridgehead atoms. The number of rotatable bonds is 9. The van der Waals surface area contributed by atoms with E-state index >= 15 is 0 Å². The van der Waals surface area contributed by atoms with Crippen molar-refractivity contribution in [3.63, 3.8) is 0 Å². The summed E-state index contributed by atoms with van der Waals surface area (Å²) < 4.78 is 63.6. The van der Waals surface area contributed by atoms with E-state index < -0.39 is 29.4 Å². The Kier molecular flexibility index (Phi) is 8.28. The number of halogens is 4. The lowest BCUT2D eigenvalue weighted by Crippen LogP contribution is -2.38. The fraction of sp³-hybridized carbons (Fsp3) is 0.267. The summed E-state index contributed by atoms with van der Waals surface area (Å²) in [6.07, 6.45) is -4.90. The Bertz CT molecular complexity index is 1550. The smallest absolute Gasteiger partial charge is 0.481 e. The molecular formula is C30H27F4N3O3. The van der Waals surface area contributed by atoms with Crippen LogP contribution in [-0.4, -0.2) is 49.1 Å². The van der Waals surface area contributed by atoms with Gasteiger partial charge in [-0.2, -0.15) is 5.26 Å². The lowest BCUT2D eigenvalue weighted by Gasteiger charge is -2.39. The van der Waals surface area contributed by atoms with Gasteiger partial charge in [-0.05, 0) is 80.2 Å². The van der Waals surface area contributed by atoms with Gasteiger partial charge in [0.25, 0.3) is 0 Å². The third-order valence-electron chi connectivity index (χ3n) is 6.61. The predicted octanol–water partition coefficient (Wildman–Crippen LogP) is 6.12. The molecule has 0 fully saturated rings. The molecule has 1 heterocycles. The van der Waals surface area contributed by atoms with Crippen molar-refractivity contribution in [2.24, 2.45) is 0 Å². The molecule has 4 aromatic rings. The van der Waals surface area contributed by atoms with Crippen molar-refractivity contribution in [3.05, 3.63) is 101 Å².